The molecular weight excluding hydrogens is 599 g/mol. The van der Waals surface area contributed by atoms with Crippen LogP contribution >= 0.6 is 10.3 Å². The van der Waals surface area contributed by atoms with Gasteiger partial charge < -0.3 is 4.74 Å². The number of hydrogen-bond donors (Lipinski definition) is 0. The third kappa shape index (κ3) is 4.63. The summed E-state index contributed by atoms with van der Waals surface area (Å²) in [6.07, 6.45) is -2.16. The third-order valence-corrected chi connectivity index (χ3v) is 13.7. The van der Waals surface area contributed by atoms with Crippen LogP contribution in [-0.4, -0.2) is 49.3 Å². The second kappa shape index (κ2) is 9.58. The molecule has 0 radical (unpaired) electrons. The zero-order valence-corrected chi connectivity index (χ0v) is 22.3. The summed E-state index contributed by atoms with van der Waals surface area (Å²) in [5, 5.41) is -5.73. The molecule has 2 aromatic rings. The lowest BCUT2D eigenvalue weighted by Crippen LogP contribution is -2.63. The van der Waals surface area contributed by atoms with Gasteiger partial charge in [0.05, 0.1) is 0 Å². The standard InChI is InChI=1S/C25H25F9O4S2/c26-22(27,24(30,31)32)23(28,29)25(33,34)40(35,36)38-39(9-1-2-10-39)20-8-6-16-13-19(7-5-17(16)14-20)37-21-12-15-3-4-18(21)11-15/h5-8,13-15,18,21H,1-4,9-12H2. The summed E-state index contributed by atoms with van der Waals surface area (Å²) >= 11 is 0. The average molecular weight is 625 g/mol. The van der Waals surface area contributed by atoms with E-state index in [1.807, 2.05) is 0 Å². The number of ether oxygens (including phenoxy) is 1. The van der Waals surface area contributed by atoms with E-state index in [-0.39, 0.29) is 35.3 Å². The number of fused-ring (bicyclic) bond motifs is 3. The van der Waals surface area contributed by atoms with E-state index >= 15 is 0 Å². The topological polar surface area (TPSA) is 52.6 Å². The smallest absolute Gasteiger partial charge is 0.460 e. The van der Waals surface area contributed by atoms with Crippen molar-refractivity contribution in [1.82, 2.24) is 0 Å². The predicted molar refractivity (Wildman–Crippen MR) is 130 cm³/mol. The molecule has 1 saturated heterocycles. The van der Waals surface area contributed by atoms with Crippen LogP contribution in [-0.2, 0) is 13.7 Å². The number of alkyl halides is 9. The Labute approximate surface area is 225 Å². The minimum Gasteiger partial charge on any atom is -0.490 e. The third-order valence-electron chi connectivity index (χ3n) is 8.02. The van der Waals surface area contributed by atoms with E-state index < -0.39 is 43.7 Å². The Bertz CT molecular complexity index is 1390. The quantitative estimate of drug-likeness (QED) is 0.279. The van der Waals surface area contributed by atoms with Gasteiger partial charge in [0.1, 0.15) is 11.9 Å². The summed E-state index contributed by atoms with van der Waals surface area (Å²) in [4.78, 5) is 0.0598. The van der Waals surface area contributed by atoms with Crippen LogP contribution in [0.3, 0.4) is 0 Å². The highest BCUT2D eigenvalue weighted by molar-refractivity contribution is 8.33. The zero-order valence-electron chi connectivity index (χ0n) is 20.7. The van der Waals surface area contributed by atoms with Crippen LogP contribution in [0.25, 0.3) is 10.8 Å². The summed E-state index contributed by atoms with van der Waals surface area (Å²) in [6, 6.07) is 9.39. The molecule has 224 valence electrons. The van der Waals surface area contributed by atoms with Crippen molar-refractivity contribution in [3.8, 4) is 5.75 Å². The summed E-state index contributed by atoms with van der Waals surface area (Å²) in [6.45, 7) is 0. The lowest BCUT2D eigenvalue weighted by atomic mass is 9.97. The molecule has 3 fully saturated rings. The number of benzene rings is 2. The lowest BCUT2D eigenvalue weighted by Gasteiger charge is -2.38. The molecule has 2 saturated carbocycles. The molecule has 40 heavy (non-hydrogen) atoms. The van der Waals surface area contributed by atoms with Gasteiger partial charge in [-0.15, -0.1) is 0 Å². The van der Waals surface area contributed by atoms with Crippen molar-refractivity contribution in [2.24, 2.45) is 11.8 Å². The minimum absolute atomic E-state index is 0.0598. The fourth-order valence-electron chi connectivity index (χ4n) is 5.86. The first kappa shape index (κ1) is 29.6. The maximum Gasteiger partial charge on any atom is 0.460 e. The fraction of sp³-hybridized carbons (Fsp3) is 0.600. The molecule has 2 aromatic carbocycles. The molecule has 2 bridgehead atoms. The van der Waals surface area contributed by atoms with Crippen LogP contribution in [0.5, 0.6) is 5.75 Å². The lowest BCUT2D eigenvalue weighted by molar-refractivity contribution is -0.382. The molecule has 3 unspecified atom stereocenters. The van der Waals surface area contributed by atoms with Crippen molar-refractivity contribution >= 4 is 31.2 Å². The number of halogens is 9. The number of rotatable bonds is 8. The maximum absolute atomic E-state index is 14.4. The highest BCUT2D eigenvalue weighted by Gasteiger charge is 2.86. The monoisotopic (exact) mass is 624 g/mol. The van der Waals surface area contributed by atoms with Gasteiger partial charge >= 0.3 is 33.4 Å². The Morgan fingerprint density at radius 3 is 1.98 bits per heavy atom. The van der Waals surface area contributed by atoms with E-state index in [9.17, 15) is 47.9 Å². The van der Waals surface area contributed by atoms with Gasteiger partial charge in [0.25, 0.3) is 0 Å². The van der Waals surface area contributed by atoms with Gasteiger partial charge in [0.15, 0.2) is 0 Å². The number of hydrogen-bond acceptors (Lipinski definition) is 4. The van der Waals surface area contributed by atoms with Gasteiger partial charge in [0, 0.05) is 16.4 Å². The van der Waals surface area contributed by atoms with Gasteiger partial charge in [0.2, 0.25) is 0 Å². The molecular formula is C25H25F9O4S2. The summed E-state index contributed by atoms with van der Waals surface area (Å²) in [5.41, 5.74) is 0. The van der Waals surface area contributed by atoms with Crippen molar-refractivity contribution in [2.45, 2.75) is 72.8 Å². The molecule has 3 aliphatic rings. The first-order chi connectivity index (χ1) is 18.4. The predicted octanol–water partition coefficient (Wildman–Crippen LogP) is 8.05. The fourth-order valence-corrected chi connectivity index (χ4v) is 11.5. The van der Waals surface area contributed by atoms with E-state index in [1.54, 1.807) is 18.2 Å². The Morgan fingerprint density at radius 2 is 1.40 bits per heavy atom. The van der Waals surface area contributed by atoms with E-state index in [4.69, 9.17) is 4.74 Å². The molecule has 2 aliphatic carbocycles. The molecule has 0 N–H and O–H groups in total. The van der Waals surface area contributed by atoms with Crippen molar-refractivity contribution in [3.05, 3.63) is 36.4 Å². The molecule has 1 heterocycles. The van der Waals surface area contributed by atoms with Crippen LogP contribution in [0, 0.1) is 11.8 Å². The highest BCUT2D eigenvalue weighted by atomic mass is 32.3. The molecule has 0 spiro atoms. The summed E-state index contributed by atoms with van der Waals surface area (Å²) < 4.78 is 157. The van der Waals surface area contributed by atoms with Gasteiger partial charge in [-0.3, -0.25) is 0 Å². The minimum atomic E-state index is -7.35. The molecule has 0 aromatic heterocycles. The second-order valence-electron chi connectivity index (χ2n) is 10.6. The van der Waals surface area contributed by atoms with E-state index in [2.05, 4.69) is 3.63 Å². The summed E-state index contributed by atoms with van der Waals surface area (Å²) in [7, 11) is -10.3. The normalized spacial score (nSPS) is 26.4. The first-order valence-electron chi connectivity index (χ1n) is 12.6. The SMILES string of the molecule is O=S(=O)(OS1(c2ccc3cc(OC4CC5CCC4C5)ccc3c2)CCCC1)C(F)(F)C(F)(F)C(F)(F)C(F)(F)F. The van der Waals surface area contributed by atoms with Gasteiger partial charge in [-0.25, -0.2) is 3.63 Å². The average Bonchev–Trinajstić information content (AvgIpc) is 3.61. The van der Waals surface area contributed by atoms with Crippen molar-refractivity contribution in [3.63, 3.8) is 0 Å². The van der Waals surface area contributed by atoms with E-state index in [0.29, 0.717) is 28.4 Å². The molecule has 3 atom stereocenters. The Hall–Kier alpha value is -1.87. The Balaban J connectivity index is 1.43. The van der Waals surface area contributed by atoms with Gasteiger partial charge in [-0.2, -0.15) is 47.9 Å². The van der Waals surface area contributed by atoms with Gasteiger partial charge in [-0.05, 0) is 85.4 Å². The van der Waals surface area contributed by atoms with Crippen LogP contribution in [0.4, 0.5) is 39.5 Å². The van der Waals surface area contributed by atoms with Crippen LogP contribution in [0.1, 0.15) is 38.5 Å². The summed E-state index contributed by atoms with van der Waals surface area (Å²) in [5.74, 6) is -13.3. The Kier molecular flexibility index (Phi) is 7.09. The van der Waals surface area contributed by atoms with Crippen LogP contribution < -0.4 is 4.74 Å². The van der Waals surface area contributed by atoms with Gasteiger partial charge in [-0.1, -0.05) is 22.4 Å². The second-order valence-corrected chi connectivity index (χ2v) is 15.5. The molecule has 15 heteroatoms. The maximum atomic E-state index is 14.4. The van der Waals surface area contributed by atoms with E-state index in [1.165, 1.54) is 24.6 Å². The Morgan fingerprint density at radius 1 is 0.775 bits per heavy atom. The van der Waals surface area contributed by atoms with Crippen LogP contribution in [0.2, 0.25) is 0 Å². The van der Waals surface area contributed by atoms with Crippen LogP contribution in [0.15, 0.2) is 41.3 Å². The molecule has 0 amide bonds. The van der Waals surface area contributed by atoms with Crippen molar-refractivity contribution in [1.29, 1.82) is 0 Å². The molecule has 5 rings (SSSR count). The van der Waals surface area contributed by atoms with Crippen molar-refractivity contribution < 1.29 is 56.3 Å². The molecule has 4 nitrogen and oxygen atoms in total. The molecule has 1 aliphatic heterocycles. The first-order valence-corrected chi connectivity index (χ1v) is 15.9. The van der Waals surface area contributed by atoms with E-state index in [0.717, 1.165) is 19.3 Å². The highest BCUT2D eigenvalue weighted by Crippen LogP contribution is 2.65. The zero-order chi connectivity index (χ0) is 29.4. The van der Waals surface area contributed by atoms with Crippen molar-refractivity contribution in [2.75, 3.05) is 11.5 Å². The largest absolute Gasteiger partial charge is 0.490 e.